The van der Waals surface area contributed by atoms with Crippen molar-refractivity contribution >= 4 is 43.9 Å². The Morgan fingerprint density at radius 1 is 1.12 bits per heavy atom. The van der Waals surface area contributed by atoms with Crippen LogP contribution in [0.1, 0.15) is 51.6 Å². The molecule has 8 nitrogen and oxygen atoms in total. The number of carbonyl (C=O) groups excluding carboxylic acids is 2. The van der Waals surface area contributed by atoms with Gasteiger partial charge in [0.2, 0.25) is 0 Å². The van der Waals surface area contributed by atoms with Gasteiger partial charge in [0.1, 0.15) is 5.75 Å². The third-order valence-corrected chi connectivity index (χ3v) is 8.00. The lowest BCUT2D eigenvalue weighted by molar-refractivity contribution is 0.0915. The van der Waals surface area contributed by atoms with Crippen molar-refractivity contribution in [2.75, 3.05) is 17.1 Å². The number of thiazole rings is 1. The second-order valence-electron chi connectivity index (χ2n) is 9.00. The van der Waals surface area contributed by atoms with Gasteiger partial charge in [0.25, 0.3) is 15.9 Å². The highest BCUT2D eigenvalue weighted by atomic mass is 32.2. The van der Waals surface area contributed by atoms with Crippen LogP contribution in [0.2, 0.25) is 0 Å². The van der Waals surface area contributed by atoms with E-state index < -0.39 is 15.9 Å². The fourth-order valence-corrected chi connectivity index (χ4v) is 5.82. The van der Waals surface area contributed by atoms with Crippen LogP contribution in [-0.4, -0.2) is 32.2 Å². The lowest BCUT2D eigenvalue weighted by atomic mass is 9.78. The first-order valence-corrected chi connectivity index (χ1v) is 12.9. The number of nitrogens with one attached hydrogen (secondary N) is 2. The lowest BCUT2D eigenvalue weighted by Gasteiger charge is -2.26. The Hall–Kier alpha value is -3.24. The fraction of sp³-hybridized carbons (Fsp3) is 0.292. The third kappa shape index (κ3) is 4.97. The highest BCUT2D eigenvalue weighted by molar-refractivity contribution is 7.92. The maximum absolute atomic E-state index is 13.0. The van der Waals surface area contributed by atoms with Gasteiger partial charge >= 0.3 is 0 Å². The number of nitrogens with zero attached hydrogens (tertiary/aromatic N) is 1. The number of aryl methyl sites for hydroxylation is 1. The van der Waals surface area contributed by atoms with Crippen molar-refractivity contribution in [3.63, 3.8) is 0 Å². The van der Waals surface area contributed by atoms with Crippen LogP contribution in [0.25, 0.3) is 0 Å². The van der Waals surface area contributed by atoms with Gasteiger partial charge in [-0.3, -0.25) is 19.6 Å². The topological polar surface area (TPSA) is 114 Å². The van der Waals surface area contributed by atoms with E-state index in [-0.39, 0.29) is 21.7 Å². The van der Waals surface area contributed by atoms with Crippen LogP contribution in [0.15, 0.2) is 47.4 Å². The Morgan fingerprint density at radius 3 is 2.50 bits per heavy atom. The number of rotatable bonds is 6. The standard InChI is InChI=1S/C24H25N3O5S2/c1-14-5-10-17(34(30,31)27-15-6-8-16(32-4)9-7-15)11-18(14)22(29)26-23-25-19-12-24(2,3)13-20(28)21(19)33-23/h5-11,27H,12-13H2,1-4H3,(H,25,26,29). The Balaban J connectivity index is 1.56. The van der Waals surface area contributed by atoms with Gasteiger partial charge in [-0.2, -0.15) is 0 Å². The molecule has 0 spiro atoms. The summed E-state index contributed by atoms with van der Waals surface area (Å²) in [5.41, 5.74) is 1.71. The Morgan fingerprint density at radius 2 is 1.82 bits per heavy atom. The highest BCUT2D eigenvalue weighted by Crippen LogP contribution is 2.38. The Labute approximate surface area is 202 Å². The number of hydrogen-bond acceptors (Lipinski definition) is 7. The first-order valence-electron chi connectivity index (χ1n) is 10.6. The van der Waals surface area contributed by atoms with E-state index in [1.165, 1.54) is 19.2 Å². The molecule has 0 fully saturated rings. The Kier molecular flexibility index (Phi) is 6.22. The predicted molar refractivity (Wildman–Crippen MR) is 131 cm³/mol. The minimum Gasteiger partial charge on any atom is -0.497 e. The minimum atomic E-state index is -3.93. The average molecular weight is 500 g/mol. The third-order valence-electron chi connectivity index (χ3n) is 5.56. The predicted octanol–water partition coefficient (Wildman–Crippen LogP) is 4.67. The number of benzene rings is 2. The quantitative estimate of drug-likeness (QED) is 0.509. The van der Waals surface area contributed by atoms with Crippen LogP contribution in [0.4, 0.5) is 10.8 Å². The number of methoxy groups -OCH3 is 1. The molecule has 3 aromatic rings. The normalized spacial score (nSPS) is 14.9. The van der Waals surface area contributed by atoms with E-state index >= 15 is 0 Å². The number of hydrogen-bond donors (Lipinski definition) is 2. The smallest absolute Gasteiger partial charge is 0.261 e. The molecule has 0 unspecified atom stereocenters. The van der Waals surface area contributed by atoms with E-state index in [0.717, 1.165) is 11.3 Å². The van der Waals surface area contributed by atoms with Gasteiger partial charge in [-0.1, -0.05) is 31.3 Å². The first-order chi connectivity index (χ1) is 16.0. The van der Waals surface area contributed by atoms with Crippen molar-refractivity contribution in [3.05, 3.63) is 64.2 Å². The monoisotopic (exact) mass is 499 g/mol. The number of Topliss-reactive ketones (excluding diaryl/α,β-unsaturated/α-hetero) is 1. The summed E-state index contributed by atoms with van der Waals surface area (Å²) >= 11 is 1.15. The largest absolute Gasteiger partial charge is 0.497 e. The van der Waals surface area contributed by atoms with Crippen molar-refractivity contribution in [1.82, 2.24) is 4.98 Å². The molecule has 1 aliphatic carbocycles. The van der Waals surface area contributed by atoms with Crippen molar-refractivity contribution in [3.8, 4) is 5.75 Å². The SMILES string of the molecule is COc1ccc(NS(=O)(=O)c2ccc(C)c(C(=O)Nc3nc4c(s3)C(=O)CC(C)(C)C4)c2)cc1. The van der Waals surface area contributed by atoms with E-state index in [2.05, 4.69) is 15.0 Å². The van der Waals surface area contributed by atoms with Crippen LogP contribution in [0.5, 0.6) is 5.75 Å². The molecule has 1 amide bonds. The summed E-state index contributed by atoms with van der Waals surface area (Å²) in [6.07, 6.45) is 1.10. The molecular formula is C24H25N3O5S2. The number of amides is 1. The first kappa shape index (κ1) is 23.9. The summed E-state index contributed by atoms with van der Waals surface area (Å²) in [7, 11) is -2.40. The molecule has 10 heteroatoms. The molecule has 2 N–H and O–H groups in total. The average Bonchev–Trinajstić information content (AvgIpc) is 3.15. The van der Waals surface area contributed by atoms with Gasteiger partial charge in [0.15, 0.2) is 10.9 Å². The molecule has 0 saturated carbocycles. The molecule has 0 saturated heterocycles. The number of carbonyl (C=O) groups is 2. The zero-order chi connectivity index (χ0) is 24.7. The summed E-state index contributed by atoms with van der Waals surface area (Å²) < 4.78 is 33.4. The van der Waals surface area contributed by atoms with Gasteiger partial charge in [0, 0.05) is 17.7 Å². The van der Waals surface area contributed by atoms with E-state index in [9.17, 15) is 18.0 Å². The van der Waals surface area contributed by atoms with Crippen molar-refractivity contribution in [2.24, 2.45) is 5.41 Å². The van der Waals surface area contributed by atoms with Crippen molar-refractivity contribution in [1.29, 1.82) is 0 Å². The lowest BCUT2D eigenvalue weighted by Crippen LogP contribution is -2.26. The van der Waals surface area contributed by atoms with Crippen LogP contribution >= 0.6 is 11.3 Å². The number of sulfonamides is 1. The molecule has 178 valence electrons. The minimum absolute atomic E-state index is 0.0260. The molecule has 0 atom stereocenters. The molecule has 0 radical (unpaired) electrons. The second kappa shape index (κ2) is 8.84. The Bertz CT molecular complexity index is 1380. The van der Waals surface area contributed by atoms with Gasteiger partial charge in [-0.05, 0) is 60.7 Å². The van der Waals surface area contributed by atoms with Crippen LogP contribution in [0, 0.1) is 12.3 Å². The summed E-state index contributed by atoms with van der Waals surface area (Å²) in [6.45, 7) is 5.75. The van der Waals surface area contributed by atoms with Crippen molar-refractivity contribution in [2.45, 2.75) is 38.5 Å². The zero-order valence-corrected chi connectivity index (χ0v) is 20.9. The summed E-state index contributed by atoms with van der Waals surface area (Å²) in [6, 6.07) is 10.8. The summed E-state index contributed by atoms with van der Waals surface area (Å²) in [4.78, 5) is 30.4. The molecule has 2 aromatic carbocycles. The second-order valence-corrected chi connectivity index (χ2v) is 11.7. The van der Waals surface area contributed by atoms with Gasteiger partial charge in [-0.25, -0.2) is 13.4 Å². The number of ether oxygens (including phenoxy) is 1. The molecule has 0 aliphatic heterocycles. The van der Waals surface area contributed by atoms with E-state index in [1.54, 1.807) is 37.3 Å². The zero-order valence-electron chi connectivity index (χ0n) is 19.3. The summed E-state index contributed by atoms with van der Waals surface area (Å²) in [5.74, 6) is 0.140. The van der Waals surface area contributed by atoms with Crippen molar-refractivity contribution < 1.29 is 22.7 Å². The molecule has 4 rings (SSSR count). The number of anilines is 2. The fourth-order valence-electron chi connectivity index (χ4n) is 3.82. The molecule has 1 aromatic heterocycles. The van der Waals surface area contributed by atoms with Gasteiger partial charge < -0.3 is 4.74 Å². The van der Waals surface area contributed by atoms with Crippen LogP contribution in [0.3, 0.4) is 0 Å². The highest BCUT2D eigenvalue weighted by Gasteiger charge is 2.34. The van der Waals surface area contributed by atoms with Crippen LogP contribution < -0.4 is 14.8 Å². The maximum atomic E-state index is 13.0. The summed E-state index contributed by atoms with van der Waals surface area (Å²) in [5, 5.41) is 3.06. The maximum Gasteiger partial charge on any atom is 0.261 e. The van der Waals surface area contributed by atoms with Gasteiger partial charge in [-0.15, -0.1) is 0 Å². The van der Waals surface area contributed by atoms with E-state index in [4.69, 9.17) is 4.74 Å². The number of aromatic nitrogens is 1. The molecule has 1 heterocycles. The molecule has 1 aliphatic rings. The van der Waals surface area contributed by atoms with Gasteiger partial charge in [0.05, 0.1) is 22.6 Å². The van der Waals surface area contributed by atoms with E-state index in [1.807, 2.05) is 13.8 Å². The number of fused-ring (bicyclic) bond motifs is 1. The number of ketones is 1. The molecule has 0 bridgehead atoms. The molecule has 34 heavy (non-hydrogen) atoms. The van der Waals surface area contributed by atoms with Crippen LogP contribution in [-0.2, 0) is 16.4 Å². The van der Waals surface area contributed by atoms with E-state index in [0.29, 0.717) is 45.5 Å². The molecular weight excluding hydrogens is 474 g/mol.